The number of aromatic nitrogens is 1. The number of esters is 2. The van der Waals surface area contributed by atoms with E-state index in [4.69, 9.17) is 9.15 Å². The number of rotatable bonds is 12. The van der Waals surface area contributed by atoms with Crippen molar-refractivity contribution in [2.24, 2.45) is 11.8 Å². The topological polar surface area (TPSA) is 178 Å². The molecule has 3 N–H and O–H groups in total. The number of nitrogens with zero attached hydrogens (tertiary/aromatic N) is 2. The van der Waals surface area contributed by atoms with Gasteiger partial charge in [-0.05, 0) is 70.2 Å². The summed E-state index contributed by atoms with van der Waals surface area (Å²) >= 11 is 0. The number of amides is 3. The highest BCUT2D eigenvalue weighted by molar-refractivity contribution is 6.03. The molecule has 1 aliphatic carbocycles. The van der Waals surface area contributed by atoms with Crippen LogP contribution >= 0.6 is 0 Å². The van der Waals surface area contributed by atoms with Gasteiger partial charge in [0.25, 0.3) is 11.5 Å². The second kappa shape index (κ2) is 15.5. The van der Waals surface area contributed by atoms with E-state index < -0.39 is 53.5 Å². The van der Waals surface area contributed by atoms with Gasteiger partial charge in [-0.25, -0.2) is 9.59 Å². The number of likely N-dealkylation sites (N-methyl/N-ethyl adjacent to an activating group) is 1. The van der Waals surface area contributed by atoms with Gasteiger partial charge >= 0.3 is 11.9 Å². The molecule has 266 valence electrons. The summed E-state index contributed by atoms with van der Waals surface area (Å²) in [5, 5.41) is 8.94. The fourth-order valence-electron chi connectivity index (χ4n) is 7.18. The molecule has 1 aromatic carbocycles. The number of carbonyl (C=O) groups is 5. The first-order valence-corrected chi connectivity index (χ1v) is 16.6. The number of pyridine rings is 1. The Labute approximate surface area is 289 Å². The van der Waals surface area contributed by atoms with Crippen molar-refractivity contribution in [1.29, 1.82) is 0 Å². The summed E-state index contributed by atoms with van der Waals surface area (Å²) < 4.78 is 16.7. The number of aryl methyl sites for hydroxylation is 1. The molecule has 4 atom stereocenters. The molecule has 0 spiro atoms. The molecular formula is C36H43N5O9. The van der Waals surface area contributed by atoms with E-state index in [0.717, 1.165) is 35.6 Å². The van der Waals surface area contributed by atoms with Gasteiger partial charge in [0.1, 0.15) is 23.9 Å². The number of methoxy groups -OCH3 is 2. The van der Waals surface area contributed by atoms with E-state index in [1.807, 2.05) is 17.0 Å². The van der Waals surface area contributed by atoms with Gasteiger partial charge in [0.2, 0.25) is 11.8 Å². The summed E-state index contributed by atoms with van der Waals surface area (Å²) in [4.78, 5) is 80.6. The van der Waals surface area contributed by atoms with Crippen molar-refractivity contribution in [2.75, 3.05) is 33.1 Å². The molecule has 3 aromatic rings. The standard InChI is InChI=1S/C36H43N5O9/c1-22-25-13-5-7-16-28(25)50-31(22)33(45)37-26(14-6-8-17-30(43)48-3)32(44)38-27-15-10-18-41(34(27)46)21-29(42)39-36(35(47)49-4)24-12-9-11-23(19-24)20-40(36)2/h5,7-8,10,13,15-18,23-24,26H,6,9,11-12,14,19-21H2,1-4H3,(H,37,45)(H,38,44)(H,39,42)/b17-8+. The highest BCUT2D eigenvalue weighted by Gasteiger charge is 2.55. The van der Waals surface area contributed by atoms with Crippen LogP contribution in [0.25, 0.3) is 11.0 Å². The van der Waals surface area contributed by atoms with Crippen LogP contribution in [-0.4, -0.2) is 78.6 Å². The van der Waals surface area contributed by atoms with Crippen LogP contribution in [0.5, 0.6) is 0 Å². The lowest BCUT2D eigenvalue weighted by Gasteiger charge is -2.53. The van der Waals surface area contributed by atoms with Crippen molar-refractivity contribution in [2.45, 2.75) is 63.7 Å². The molecule has 3 amide bonds. The third kappa shape index (κ3) is 7.49. The first-order chi connectivity index (χ1) is 24.0. The fourth-order valence-corrected chi connectivity index (χ4v) is 7.18. The molecule has 2 aliphatic rings. The zero-order chi connectivity index (χ0) is 36.0. The Morgan fingerprint density at radius 2 is 1.86 bits per heavy atom. The average Bonchev–Trinajstić information content (AvgIpc) is 3.45. The minimum atomic E-state index is -1.36. The Kier molecular flexibility index (Phi) is 11.2. The molecule has 2 fully saturated rings. The largest absolute Gasteiger partial charge is 0.466 e. The molecule has 4 unspecified atom stereocenters. The molecule has 14 nitrogen and oxygen atoms in total. The minimum Gasteiger partial charge on any atom is -0.466 e. The number of hydrogen-bond donors (Lipinski definition) is 3. The molecule has 1 saturated heterocycles. The molecule has 3 heterocycles. The number of allylic oxidation sites excluding steroid dienone is 1. The lowest BCUT2D eigenvalue weighted by atomic mass is 9.70. The van der Waals surface area contributed by atoms with E-state index in [9.17, 15) is 28.8 Å². The van der Waals surface area contributed by atoms with Gasteiger partial charge in [0.05, 0.1) is 14.2 Å². The van der Waals surface area contributed by atoms with E-state index in [0.29, 0.717) is 23.6 Å². The maximum absolute atomic E-state index is 13.6. The molecule has 0 radical (unpaired) electrons. The van der Waals surface area contributed by atoms with E-state index >= 15 is 0 Å². The normalized spacial score (nSPS) is 21.0. The number of benzene rings is 1. The van der Waals surface area contributed by atoms with Gasteiger partial charge in [-0.15, -0.1) is 0 Å². The number of likely N-dealkylation sites (tertiary alicyclic amines) is 1. The second-order valence-corrected chi connectivity index (χ2v) is 12.8. The fraction of sp³-hybridized carbons (Fsp3) is 0.444. The van der Waals surface area contributed by atoms with Gasteiger partial charge in [-0.2, -0.15) is 0 Å². The van der Waals surface area contributed by atoms with Crippen LogP contribution < -0.4 is 21.5 Å². The molecule has 2 aromatic heterocycles. The summed E-state index contributed by atoms with van der Waals surface area (Å²) in [6.45, 7) is 1.94. The van der Waals surface area contributed by atoms with E-state index in [1.54, 1.807) is 26.1 Å². The molecule has 2 bridgehead atoms. The van der Waals surface area contributed by atoms with Crippen LogP contribution in [0.3, 0.4) is 0 Å². The van der Waals surface area contributed by atoms with Crippen molar-refractivity contribution in [3.8, 4) is 0 Å². The number of nitrogens with one attached hydrogen (secondary N) is 3. The van der Waals surface area contributed by atoms with Crippen LogP contribution in [0, 0.1) is 18.8 Å². The lowest BCUT2D eigenvalue weighted by Crippen LogP contribution is -2.72. The zero-order valence-electron chi connectivity index (χ0n) is 28.7. The van der Waals surface area contributed by atoms with Crippen molar-refractivity contribution in [3.05, 3.63) is 76.4 Å². The maximum atomic E-state index is 13.6. The van der Waals surface area contributed by atoms with Gasteiger partial charge < -0.3 is 34.4 Å². The summed E-state index contributed by atoms with van der Waals surface area (Å²) in [7, 11) is 4.32. The number of piperidine rings is 1. The van der Waals surface area contributed by atoms with Crippen LogP contribution in [0.4, 0.5) is 5.69 Å². The third-order valence-corrected chi connectivity index (χ3v) is 9.68. The van der Waals surface area contributed by atoms with Crippen LogP contribution in [0.1, 0.15) is 54.6 Å². The molecule has 1 aliphatic heterocycles. The summed E-state index contributed by atoms with van der Waals surface area (Å²) in [5.74, 6) is -2.70. The Morgan fingerprint density at radius 3 is 2.60 bits per heavy atom. The molecule has 5 rings (SSSR count). The molecule has 1 saturated carbocycles. The zero-order valence-corrected chi connectivity index (χ0v) is 28.7. The number of hydrogen-bond acceptors (Lipinski definition) is 10. The van der Waals surface area contributed by atoms with Gasteiger partial charge in [0, 0.05) is 35.7 Å². The number of carbonyl (C=O) groups excluding carboxylic acids is 5. The highest BCUT2D eigenvalue weighted by atomic mass is 16.5. The lowest BCUT2D eigenvalue weighted by molar-refractivity contribution is -0.173. The number of para-hydroxylation sites is 1. The Hall–Kier alpha value is -5.24. The van der Waals surface area contributed by atoms with Crippen molar-refractivity contribution >= 4 is 46.3 Å². The SMILES string of the molecule is COC(=O)/C=C/CCC(NC(=O)c1oc2ccccc2c1C)C(=O)Nc1cccn(CC(=O)NC2(C(=O)OC)C3CCCC(C3)CN2C)c1=O. The Balaban J connectivity index is 1.33. The predicted molar refractivity (Wildman–Crippen MR) is 183 cm³/mol. The van der Waals surface area contributed by atoms with E-state index in [2.05, 4.69) is 20.7 Å². The third-order valence-electron chi connectivity index (χ3n) is 9.68. The maximum Gasteiger partial charge on any atom is 0.347 e. The second-order valence-electron chi connectivity index (χ2n) is 12.8. The van der Waals surface area contributed by atoms with E-state index in [1.165, 1.54) is 44.7 Å². The smallest absolute Gasteiger partial charge is 0.347 e. The van der Waals surface area contributed by atoms with Crippen LogP contribution in [0.15, 0.2) is 64.0 Å². The number of ether oxygens (including phenoxy) is 2. The van der Waals surface area contributed by atoms with Gasteiger partial charge in [0.15, 0.2) is 11.4 Å². The number of anilines is 1. The summed E-state index contributed by atoms with van der Waals surface area (Å²) in [6.07, 6.45) is 7.96. The Morgan fingerprint density at radius 1 is 1.08 bits per heavy atom. The van der Waals surface area contributed by atoms with Gasteiger partial charge in [-0.3, -0.25) is 24.1 Å². The van der Waals surface area contributed by atoms with Crippen molar-refractivity contribution in [1.82, 2.24) is 20.1 Å². The predicted octanol–water partition coefficient (Wildman–Crippen LogP) is 2.89. The monoisotopic (exact) mass is 689 g/mol. The first-order valence-electron chi connectivity index (χ1n) is 16.6. The quantitative estimate of drug-likeness (QED) is 0.189. The van der Waals surface area contributed by atoms with Crippen LogP contribution in [-0.2, 0) is 35.2 Å². The molecule has 14 heteroatoms. The summed E-state index contributed by atoms with van der Waals surface area (Å²) in [5.41, 5.74) is -1.03. The molecular weight excluding hydrogens is 646 g/mol. The highest BCUT2D eigenvalue weighted by Crippen LogP contribution is 2.43. The van der Waals surface area contributed by atoms with Gasteiger partial charge in [-0.1, -0.05) is 30.7 Å². The Bertz CT molecular complexity index is 1860. The van der Waals surface area contributed by atoms with E-state index in [-0.39, 0.29) is 30.2 Å². The number of fused-ring (bicyclic) bond motifs is 3. The summed E-state index contributed by atoms with van der Waals surface area (Å²) in [6, 6.07) is 8.91. The first kappa shape index (κ1) is 36.1. The van der Waals surface area contributed by atoms with Crippen molar-refractivity contribution in [3.63, 3.8) is 0 Å². The number of furan rings is 1. The van der Waals surface area contributed by atoms with Crippen molar-refractivity contribution < 1.29 is 37.9 Å². The minimum absolute atomic E-state index is 0.0410. The molecule has 50 heavy (non-hydrogen) atoms. The average molecular weight is 690 g/mol. The van der Waals surface area contributed by atoms with Crippen LogP contribution in [0.2, 0.25) is 0 Å².